The molecule has 1 rings (SSSR count). The first-order valence-corrected chi connectivity index (χ1v) is 5.96. The van der Waals surface area contributed by atoms with Crippen LogP contribution in [0.15, 0.2) is 11.4 Å². The topological polar surface area (TPSA) is 12.0 Å². The summed E-state index contributed by atoms with van der Waals surface area (Å²) in [7, 11) is 0. The van der Waals surface area contributed by atoms with Crippen molar-refractivity contribution in [2.45, 2.75) is 33.1 Å². The van der Waals surface area contributed by atoms with E-state index in [0.29, 0.717) is 0 Å². The van der Waals surface area contributed by atoms with E-state index >= 15 is 0 Å². The van der Waals surface area contributed by atoms with Crippen molar-refractivity contribution < 1.29 is 0 Å². The molecule has 1 aromatic heterocycles. The molecular formula is C11H19NS. The highest BCUT2D eigenvalue weighted by Gasteiger charge is 1.98. The molecule has 0 unspecified atom stereocenters. The van der Waals surface area contributed by atoms with Crippen molar-refractivity contribution in [3.8, 4) is 0 Å². The Morgan fingerprint density at radius 2 is 2.23 bits per heavy atom. The second kappa shape index (κ2) is 6.17. The summed E-state index contributed by atoms with van der Waals surface area (Å²) in [5.74, 6) is 0. The highest BCUT2D eigenvalue weighted by Crippen LogP contribution is 2.17. The summed E-state index contributed by atoms with van der Waals surface area (Å²) in [5, 5.41) is 5.54. The minimum atomic E-state index is 1.10. The van der Waals surface area contributed by atoms with Gasteiger partial charge in [-0.05, 0) is 56.3 Å². The summed E-state index contributed by atoms with van der Waals surface area (Å²) >= 11 is 1.89. The third-order valence-electron chi connectivity index (χ3n) is 2.23. The summed E-state index contributed by atoms with van der Waals surface area (Å²) in [6.07, 6.45) is 3.87. The molecule has 0 aliphatic rings. The van der Waals surface area contributed by atoms with E-state index in [9.17, 15) is 0 Å². The first kappa shape index (κ1) is 10.7. The fourth-order valence-electron chi connectivity index (χ4n) is 1.37. The van der Waals surface area contributed by atoms with Gasteiger partial charge in [0.2, 0.25) is 0 Å². The molecule has 0 aliphatic carbocycles. The van der Waals surface area contributed by atoms with Crippen LogP contribution in [0.2, 0.25) is 0 Å². The van der Waals surface area contributed by atoms with Crippen LogP contribution in [0.1, 0.15) is 30.2 Å². The van der Waals surface area contributed by atoms with E-state index in [1.165, 1.54) is 31.4 Å². The molecule has 0 aliphatic heterocycles. The Kier molecular flexibility index (Phi) is 5.09. The normalized spacial score (nSPS) is 10.6. The molecule has 74 valence electrons. The zero-order valence-electron chi connectivity index (χ0n) is 8.60. The number of hydrogen-bond donors (Lipinski definition) is 1. The molecule has 0 spiro atoms. The van der Waals surface area contributed by atoms with Crippen LogP contribution in [-0.2, 0) is 6.42 Å². The van der Waals surface area contributed by atoms with Crippen LogP contribution in [0, 0.1) is 6.92 Å². The van der Waals surface area contributed by atoms with Gasteiger partial charge < -0.3 is 5.32 Å². The molecule has 0 radical (unpaired) electrons. The zero-order chi connectivity index (χ0) is 9.52. The molecule has 13 heavy (non-hydrogen) atoms. The van der Waals surface area contributed by atoms with E-state index in [0.717, 1.165) is 6.54 Å². The second-order valence-electron chi connectivity index (χ2n) is 3.34. The average molecular weight is 197 g/mol. The van der Waals surface area contributed by atoms with Crippen molar-refractivity contribution >= 4 is 11.3 Å². The summed E-state index contributed by atoms with van der Waals surface area (Å²) < 4.78 is 0. The van der Waals surface area contributed by atoms with Gasteiger partial charge in [0, 0.05) is 4.88 Å². The number of nitrogens with one attached hydrogen (secondary N) is 1. The van der Waals surface area contributed by atoms with Crippen molar-refractivity contribution in [1.29, 1.82) is 0 Å². The molecule has 1 nitrogen and oxygen atoms in total. The van der Waals surface area contributed by atoms with E-state index < -0.39 is 0 Å². The Labute approximate surface area is 85.2 Å². The van der Waals surface area contributed by atoms with Gasteiger partial charge >= 0.3 is 0 Å². The van der Waals surface area contributed by atoms with Crippen LogP contribution in [0.5, 0.6) is 0 Å². The molecule has 1 N–H and O–H groups in total. The van der Waals surface area contributed by atoms with E-state index in [1.54, 1.807) is 4.88 Å². The van der Waals surface area contributed by atoms with Gasteiger partial charge in [0.15, 0.2) is 0 Å². The maximum absolute atomic E-state index is 3.35. The number of rotatable bonds is 6. The SMILES string of the molecule is CCNCCCCc1sccc1C. The highest BCUT2D eigenvalue weighted by molar-refractivity contribution is 7.10. The van der Waals surface area contributed by atoms with Crippen molar-refractivity contribution in [3.05, 3.63) is 21.9 Å². The maximum atomic E-state index is 3.35. The fraction of sp³-hybridized carbons (Fsp3) is 0.636. The minimum Gasteiger partial charge on any atom is -0.317 e. The Balaban J connectivity index is 2.10. The van der Waals surface area contributed by atoms with Crippen molar-refractivity contribution in [2.75, 3.05) is 13.1 Å². The largest absolute Gasteiger partial charge is 0.317 e. The Hall–Kier alpha value is -0.340. The van der Waals surface area contributed by atoms with Crippen molar-refractivity contribution in [3.63, 3.8) is 0 Å². The molecule has 0 saturated carbocycles. The molecule has 0 amide bonds. The fourth-order valence-corrected chi connectivity index (χ4v) is 2.33. The van der Waals surface area contributed by atoms with E-state index in [4.69, 9.17) is 0 Å². The van der Waals surface area contributed by atoms with E-state index in [-0.39, 0.29) is 0 Å². The Morgan fingerprint density at radius 1 is 1.38 bits per heavy atom. The minimum absolute atomic E-state index is 1.10. The zero-order valence-corrected chi connectivity index (χ0v) is 9.41. The monoisotopic (exact) mass is 197 g/mol. The van der Waals surface area contributed by atoms with Gasteiger partial charge in [-0.15, -0.1) is 11.3 Å². The molecule has 0 fully saturated rings. The molecule has 1 aromatic rings. The smallest absolute Gasteiger partial charge is 0.00744 e. The maximum Gasteiger partial charge on any atom is 0.00744 e. The lowest BCUT2D eigenvalue weighted by Crippen LogP contribution is -2.13. The molecule has 0 bridgehead atoms. The van der Waals surface area contributed by atoms with Gasteiger partial charge in [0.05, 0.1) is 0 Å². The summed E-state index contributed by atoms with van der Waals surface area (Å²) in [6.45, 7) is 6.62. The summed E-state index contributed by atoms with van der Waals surface area (Å²) in [5.41, 5.74) is 1.47. The lowest BCUT2D eigenvalue weighted by molar-refractivity contribution is 0.642. The number of thiophene rings is 1. The van der Waals surface area contributed by atoms with Crippen LogP contribution in [-0.4, -0.2) is 13.1 Å². The molecule has 0 saturated heterocycles. The number of aryl methyl sites for hydroxylation is 2. The Bertz CT molecular complexity index is 230. The number of hydrogen-bond acceptors (Lipinski definition) is 2. The summed E-state index contributed by atoms with van der Waals surface area (Å²) in [6, 6.07) is 2.21. The standard InChI is InChI=1S/C11H19NS/c1-3-12-8-5-4-6-11-10(2)7-9-13-11/h7,9,12H,3-6,8H2,1-2H3. The van der Waals surface area contributed by atoms with Gasteiger partial charge in [0.1, 0.15) is 0 Å². The van der Waals surface area contributed by atoms with Crippen LogP contribution >= 0.6 is 11.3 Å². The predicted octanol–water partition coefficient (Wildman–Crippen LogP) is 2.99. The molecule has 0 atom stereocenters. The first-order valence-electron chi connectivity index (χ1n) is 5.08. The lowest BCUT2D eigenvalue weighted by Gasteiger charge is -2.01. The molecule has 2 heteroatoms. The first-order chi connectivity index (χ1) is 6.34. The van der Waals surface area contributed by atoms with Gasteiger partial charge in [-0.2, -0.15) is 0 Å². The quantitative estimate of drug-likeness (QED) is 0.691. The lowest BCUT2D eigenvalue weighted by atomic mass is 10.1. The predicted molar refractivity (Wildman–Crippen MR) is 60.5 cm³/mol. The van der Waals surface area contributed by atoms with E-state index in [2.05, 4.69) is 30.6 Å². The average Bonchev–Trinajstić information content (AvgIpc) is 2.52. The van der Waals surface area contributed by atoms with Gasteiger partial charge in [-0.25, -0.2) is 0 Å². The van der Waals surface area contributed by atoms with Crippen molar-refractivity contribution in [2.24, 2.45) is 0 Å². The van der Waals surface area contributed by atoms with Crippen LogP contribution in [0.25, 0.3) is 0 Å². The van der Waals surface area contributed by atoms with Crippen molar-refractivity contribution in [1.82, 2.24) is 5.32 Å². The third-order valence-corrected chi connectivity index (χ3v) is 3.31. The van der Waals surface area contributed by atoms with Gasteiger partial charge in [-0.1, -0.05) is 6.92 Å². The van der Waals surface area contributed by atoms with Crippen LogP contribution < -0.4 is 5.32 Å². The van der Waals surface area contributed by atoms with Gasteiger partial charge in [0.25, 0.3) is 0 Å². The molecular weight excluding hydrogens is 178 g/mol. The molecule has 0 aromatic carbocycles. The number of unbranched alkanes of at least 4 members (excludes halogenated alkanes) is 1. The molecule has 1 heterocycles. The van der Waals surface area contributed by atoms with Crippen LogP contribution in [0.4, 0.5) is 0 Å². The summed E-state index contributed by atoms with van der Waals surface area (Å²) in [4.78, 5) is 1.57. The van der Waals surface area contributed by atoms with Gasteiger partial charge in [-0.3, -0.25) is 0 Å². The Morgan fingerprint density at radius 3 is 2.85 bits per heavy atom. The second-order valence-corrected chi connectivity index (χ2v) is 4.34. The third kappa shape index (κ3) is 3.92. The van der Waals surface area contributed by atoms with E-state index in [1.807, 2.05) is 11.3 Å². The van der Waals surface area contributed by atoms with Crippen LogP contribution in [0.3, 0.4) is 0 Å². The highest BCUT2D eigenvalue weighted by atomic mass is 32.1.